The van der Waals surface area contributed by atoms with Crippen molar-refractivity contribution in [2.24, 2.45) is 0 Å². The second kappa shape index (κ2) is 12.6. The van der Waals surface area contributed by atoms with E-state index in [1.54, 1.807) is 0 Å². The zero-order valence-corrected chi connectivity index (χ0v) is 29.7. The predicted octanol–water partition coefficient (Wildman–Crippen LogP) is 12.9. The third-order valence-corrected chi connectivity index (χ3v) is 10.7. The van der Waals surface area contributed by atoms with Crippen LogP contribution in [0.2, 0.25) is 0 Å². The Morgan fingerprint density at radius 3 is 1.16 bits per heavy atom. The number of hydrogen-bond acceptors (Lipinski definition) is 3. The van der Waals surface area contributed by atoms with Crippen LogP contribution in [-0.2, 0) is 0 Å². The Kier molecular flexibility index (Phi) is 7.10. The third-order valence-electron chi connectivity index (χ3n) is 10.7. The summed E-state index contributed by atoms with van der Waals surface area (Å²) >= 11 is 0. The molecule has 0 aliphatic carbocycles. The Morgan fingerprint density at radius 1 is 0.291 bits per heavy atom. The average Bonchev–Trinajstić information content (AvgIpc) is 3.97. The zero-order valence-electron chi connectivity index (χ0n) is 29.7. The van der Waals surface area contributed by atoms with E-state index in [4.69, 9.17) is 4.42 Å². The molecule has 0 amide bonds. The summed E-state index contributed by atoms with van der Waals surface area (Å²) in [5.74, 6) is 0.950. The van der Waals surface area contributed by atoms with E-state index >= 15 is 0 Å². The molecule has 0 saturated heterocycles. The van der Waals surface area contributed by atoms with Gasteiger partial charge in [-0.15, -0.1) is 10.2 Å². The van der Waals surface area contributed by atoms with E-state index in [1.165, 1.54) is 43.8 Å². The summed E-state index contributed by atoms with van der Waals surface area (Å²) in [6.45, 7) is 0. The number of para-hydroxylation sites is 2. The molecule has 0 aliphatic heterocycles. The van der Waals surface area contributed by atoms with Crippen LogP contribution in [0.25, 0.3) is 100 Å². The third kappa shape index (κ3) is 5.17. The molecule has 0 saturated carbocycles. The fourth-order valence-corrected chi connectivity index (χ4v) is 8.13. The normalized spacial score (nSPS) is 11.6. The molecule has 0 N–H and O–H groups in total. The summed E-state index contributed by atoms with van der Waals surface area (Å²) in [5, 5.41) is 13.9. The molecule has 0 spiro atoms. The largest absolute Gasteiger partial charge is 0.416 e. The first-order valence-corrected chi connectivity index (χ1v) is 18.5. The highest BCUT2D eigenvalue weighted by Gasteiger charge is 2.19. The van der Waals surface area contributed by atoms with Crippen molar-refractivity contribution >= 4 is 43.6 Å². The van der Waals surface area contributed by atoms with Crippen LogP contribution in [0.3, 0.4) is 0 Å². The van der Waals surface area contributed by atoms with E-state index in [0.717, 1.165) is 44.6 Å². The van der Waals surface area contributed by atoms with Crippen molar-refractivity contribution in [3.05, 3.63) is 194 Å². The van der Waals surface area contributed by atoms with Gasteiger partial charge in [-0.3, -0.25) is 0 Å². The second-order valence-corrected chi connectivity index (χ2v) is 13.9. The van der Waals surface area contributed by atoms with Crippen molar-refractivity contribution in [3.8, 4) is 56.5 Å². The van der Waals surface area contributed by atoms with Gasteiger partial charge in [-0.1, -0.05) is 133 Å². The highest BCUT2D eigenvalue weighted by atomic mass is 16.4. The molecule has 0 unspecified atom stereocenters. The Hall–Kier alpha value is -7.50. The molecule has 11 rings (SSSR count). The Balaban J connectivity index is 1.02. The van der Waals surface area contributed by atoms with E-state index in [0.29, 0.717) is 11.8 Å². The van der Waals surface area contributed by atoms with Gasteiger partial charge in [0.25, 0.3) is 0 Å². The monoisotopic (exact) mass is 704 g/mol. The summed E-state index contributed by atoms with van der Waals surface area (Å²) in [6.07, 6.45) is 0. The molecule has 55 heavy (non-hydrogen) atoms. The van der Waals surface area contributed by atoms with E-state index in [2.05, 4.69) is 213 Å². The van der Waals surface area contributed by atoms with Gasteiger partial charge in [0, 0.05) is 44.0 Å². The maximum absolute atomic E-state index is 6.51. The quantitative estimate of drug-likeness (QED) is 0.173. The summed E-state index contributed by atoms with van der Waals surface area (Å²) in [4.78, 5) is 0. The molecule has 0 bridgehead atoms. The Bertz CT molecular complexity index is 2990. The van der Waals surface area contributed by atoms with Crippen molar-refractivity contribution in [3.63, 3.8) is 0 Å². The van der Waals surface area contributed by atoms with Crippen LogP contribution in [0.1, 0.15) is 0 Å². The molecule has 5 nitrogen and oxygen atoms in total. The molecule has 5 heteroatoms. The first-order valence-electron chi connectivity index (χ1n) is 18.5. The summed E-state index contributed by atoms with van der Waals surface area (Å²) in [5.41, 5.74) is 13.1. The average molecular weight is 705 g/mol. The number of hydrogen-bond donors (Lipinski definition) is 0. The van der Waals surface area contributed by atoms with Crippen molar-refractivity contribution < 1.29 is 4.42 Å². The number of nitrogens with zero attached hydrogens (tertiary/aromatic N) is 4. The van der Waals surface area contributed by atoms with E-state index < -0.39 is 0 Å². The number of aromatic nitrogens is 4. The molecule has 0 radical (unpaired) electrons. The van der Waals surface area contributed by atoms with Gasteiger partial charge in [0.05, 0.1) is 22.1 Å². The number of fused-ring (bicyclic) bond motifs is 6. The molecular weight excluding hydrogens is 673 g/mol. The maximum Gasteiger partial charge on any atom is 0.248 e. The lowest BCUT2D eigenvalue weighted by Crippen LogP contribution is -1.94. The van der Waals surface area contributed by atoms with Gasteiger partial charge in [0.1, 0.15) is 0 Å². The van der Waals surface area contributed by atoms with Crippen molar-refractivity contribution in [2.45, 2.75) is 0 Å². The highest BCUT2D eigenvalue weighted by molar-refractivity contribution is 6.11. The maximum atomic E-state index is 6.51. The molecule has 11 aromatic rings. The molecule has 3 aromatic heterocycles. The van der Waals surface area contributed by atoms with Crippen LogP contribution in [0, 0.1) is 0 Å². The Morgan fingerprint density at radius 2 is 0.691 bits per heavy atom. The molecular formula is C50H32N4O. The lowest BCUT2D eigenvalue weighted by atomic mass is 10.1. The topological polar surface area (TPSA) is 48.8 Å². The smallest absolute Gasteiger partial charge is 0.248 e. The molecule has 3 heterocycles. The molecule has 8 aromatic carbocycles. The minimum Gasteiger partial charge on any atom is -0.416 e. The van der Waals surface area contributed by atoms with Gasteiger partial charge >= 0.3 is 0 Å². The van der Waals surface area contributed by atoms with Crippen molar-refractivity contribution in [2.75, 3.05) is 0 Å². The fraction of sp³-hybridized carbons (Fsp3) is 0. The lowest BCUT2D eigenvalue weighted by Gasteiger charge is -2.11. The zero-order chi connectivity index (χ0) is 36.3. The van der Waals surface area contributed by atoms with Gasteiger partial charge < -0.3 is 13.6 Å². The van der Waals surface area contributed by atoms with Crippen molar-refractivity contribution in [1.82, 2.24) is 19.3 Å². The fourth-order valence-electron chi connectivity index (χ4n) is 8.13. The standard InChI is InChI=1S/C50H32N4O/c1-3-13-33(14-4-1)35-17-11-19-39(29-35)53-45-23-9-7-21-41(45)43-27-25-37(31-47(43)53)49-51-52-50(55-49)38-26-28-44-42-22-8-10-24-46(42)54(48(44)32-38)40-20-12-18-36(30-40)34-15-5-2-6-16-34/h1-32H. The second-order valence-electron chi connectivity index (χ2n) is 13.9. The van der Waals surface area contributed by atoms with Crippen LogP contribution >= 0.6 is 0 Å². The van der Waals surface area contributed by atoms with Crippen molar-refractivity contribution in [1.29, 1.82) is 0 Å². The van der Waals surface area contributed by atoms with Gasteiger partial charge in [-0.2, -0.15) is 0 Å². The summed E-state index contributed by atoms with van der Waals surface area (Å²) in [6, 6.07) is 68.4. The van der Waals surface area contributed by atoms with Crippen LogP contribution in [-0.4, -0.2) is 19.3 Å². The van der Waals surface area contributed by atoms with E-state index in [9.17, 15) is 0 Å². The minimum absolute atomic E-state index is 0.475. The lowest BCUT2D eigenvalue weighted by molar-refractivity contribution is 0.584. The Labute approximate surface area is 317 Å². The predicted molar refractivity (Wildman–Crippen MR) is 225 cm³/mol. The van der Waals surface area contributed by atoms with Gasteiger partial charge in [0.15, 0.2) is 0 Å². The molecule has 0 aliphatic rings. The number of rotatable bonds is 6. The molecule has 0 fully saturated rings. The molecule has 0 atom stereocenters. The van der Waals surface area contributed by atoms with Crippen LogP contribution in [0.5, 0.6) is 0 Å². The first-order chi connectivity index (χ1) is 27.3. The highest BCUT2D eigenvalue weighted by Crippen LogP contribution is 2.38. The van der Waals surface area contributed by atoms with Gasteiger partial charge in [-0.25, -0.2) is 0 Å². The number of benzene rings is 8. The SMILES string of the molecule is c1ccc(-c2cccc(-n3c4ccccc4c4ccc(-c5nnc(-c6ccc7c8ccccc8n(-c8cccc(-c9ccccc9)c8)c7c6)o5)cc43)c2)cc1. The molecule has 258 valence electrons. The van der Waals surface area contributed by atoms with Crippen LogP contribution in [0.15, 0.2) is 199 Å². The first kappa shape index (κ1) is 31.1. The van der Waals surface area contributed by atoms with E-state index in [1.807, 2.05) is 0 Å². The minimum atomic E-state index is 0.475. The van der Waals surface area contributed by atoms with Crippen LogP contribution in [0.4, 0.5) is 0 Å². The summed E-state index contributed by atoms with van der Waals surface area (Å²) in [7, 11) is 0. The summed E-state index contributed by atoms with van der Waals surface area (Å²) < 4.78 is 11.2. The van der Waals surface area contributed by atoms with Gasteiger partial charge in [0.2, 0.25) is 11.8 Å². The van der Waals surface area contributed by atoms with E-state index in [-0.39, 0.29) is 0 Å². The van der Waals surface area contributed by atoms with Crippen LogP contribution < -0.4 is 0 Å². The van der Waals surface area contributed by atoms with Gasteiger partial charge in [-0.05, 0) is 82.9 Å².